The summed E-state index contributed by atoms with van der Waals surface area (Å²) in [6.45, 7) is 12.7. The van der Waals surface area contributed by atoms with Crippen LogP contribution in [0.3, 0.4) is 0 Å². The van der Waals surface area contributed by atoms with E-state index >= 15 is 0 Å². The van der Waals surface area contributed by atoms with Crippen LogP contribution in [-0.2, 0) is 17.7 Å². The molecule has 31 heavy (non-hydrogen) atoms. The third-order valence-electron chi connectivity index (χ3n) is 6.11. The van der Waals surface area contributed by atoms with Crippen molar-refractivity contribution >= 4 is 6.09 Å². The van der Waals surface area contributed by atoms with E-state index < -0.39 is 5.60 Å². The summed E-state index contributed by atoms with van der Waals surface area (Å²) in [5.41, 5.74) is 2.05. The summed E-state index contributed by atoms with van der Waals surface area (Å²) >= 11 is 0. The minimum absolute atomic E-state index is 0.0943. The van der Waals surface area contributed by atoms with Gasteiger partial charge in [0.05, 0.1) is 12.6 Å². The molecule has 2 heterocycles. The number of hydrogen-bond donors (Lipinski definition) is 0. The van der Waals surface area contributed by atoms with Gasteiger partial charge < -0.3 is 14.2 Å². The first kappa shape index (κ1) is 21.8. The average molecular weight is 426 g/mol. The Bertz CT molecular complexity index is 911. The number of nitrogens with zero attached hydrogens (tertiary/aromatic N) is 5. The van der Waals surface area contributed by atoms with E-state index in [0.717, 1.165) is 31.2 Å². The van der Waals surface area contributed by atoms with Crippen molar-refractivity contribution < 1.29 is 9.53 Å². The Morgan fingerprint density at radius 1 is 1.13 bits per heavy atom. The molecule has 0 spiro atoms. The SMILES string of the molecule is CCc1ccc([C@@H]2CN(C(=O)OC(C)(C)C)CCN2Cc2nnc(C)n2C2CC2)cc1. The van der Waals surface area contributed by atoms with Crippen molar-refractivity contribution in [3.8, 4) is 0 Å². The van der Waals surface area contributed by atoms with Crippen molar-refractivity contribution in [3.63, 3.8) is 0 Å². The van der Waals surface area contributed by atoms with Crippen molar-refractivity contribution in [2.75, 3.05) is 19.6 Å². The fraction of sp³-hybridized carbons (Fsp3) is 0.625. The van der Waals surface area contributed by atoms with Crippen molar-refractivity contribution in [1.29, 1.82) is 0 Å². The highest BCUT2D eigenvalue weighted by Gasteiger charge is 2.35. The summed E-state index contributed by atoms with van der Waals surface area (Å²) in [7, 11) is 0. The van der Waals surface area contributed by atoms with Crippen molar-refractivity contribution in [2.45, 2.75) is 78.1 Å². The summed E-state index contributed by atoms with van der Waals surface area (Å²) < 4.78 is 7.96. The fourth-order valence-corrected chi connectivity index (χ4v) is 4.30. The van der Waals surface area contributed by atoms with E-state index in [9.17, 15) is 4.79 Å². The second-order valence-corrected chi connectivity index (χ2v) is 9.77. The molecule has 1 aliphatic carbocycles. The van der Waals surface area contributed by atoms with Crippen LogP contribution in [0.15, 0.2) is 24.3 Å². The number of aromatic nitrogens is 3. The molecule has 0 bridgehead atoms. The quantitative estimate of drug-likeness (QED) is 0.716. The van der Waals surface area contributed by atoms with Crippen LogP contribution in [0.5, 0.6) is 0 Å². The van der Waals surface area contributed by atoms with E-state index in [0.29, 0.717) is 19.1 Å². The molecule has 1 aromatic heterocycles. The van der Waals surface area contributed by atoms with Crippen LogP contribution in [0, 0.1) is 6.92 Å². The maximum absolute atomic E-state index is 12.8. The molecule has 0 unspecified atom stereocenters. The Hall–Kier alpha value is -2.41. The van der Waals surface area contributed by atoms with Crippen LogP contribution in [0.4, 0.5) is 4.79 Å². The van der Waals surface area contributed by atoms with Gasteiger partial charge in [0.2, 0.25) is 0 Å². The molecule has 2 aliphatic rings. The first-order valence-corrected chi connectivity index (χ1v) is 11.5. The van der Waals surface area contributed by atoms with Crippen LogP contribution in [0.25, 0.3) is 0 Å². The molecule has 1 saturated heterocycles. The summed E-state index contributed by atoms with van der Waals surface area (Å²) in [6.07, 6.45) is 3.20. The zero-order valence-electron chi connectivity index (χ0n) is 19.5. The van der Waals surface area contributed by atoms with Gasteiger partial charge >= 0.3 is 6.09 Å². The fourth-order valence-electron chi connectivity index (χ4n) is 4.30. The van der Waals surface area contributed by atoms with Gasteiger partial charge in [0.25, 0.3) is 0 Å². The van der Waals surface area contributed by atoms with Crippen LogP contribution < -0.4 is 0 Å². The van der Waals surface area contributed by atoms with Crippen molar-refractivity contribution in [3.05, 3.63) is 47.0 Å². The van der Waals surface area contributed by atoms with Gasteiger partial charge in [-0.05, 0) is 58.1 Å². The number of hydrogen-bond acceptors (Lipinski definition) is 5. The molecule has 1 aliphatic heterocycles. The van der Waals surface area contributed by atoms with Gasteiger partial charge in [0.1, 0.15) is 17.2 Å². The van der Waals surface area contributed by atoms with E-state index in [1.165, 1.54) is 24.0 Å². The second-order valence-electron chi connectivity index (χ2n) is 9.77. The van der Waals surface area contributed by atoms with E-state index in [1.807, 2.05) is 32.6 Å². The Kier molecular flexibility index (Phi) is 6.06. The zero-order chi connectivity index (χ0) is 22.2. The van der Waals surface area contributed by atoms with Crippen molar-refractivity contribution in [1.82, 2.24) is 24.6 Å². The summed E-state index contributed by atoms with van der Waals surface area (Å²) in [5, 5.41) is 8.84. The number of benzene rings is 1. The predicted molar refractivity (Wildman–Crippen MR) is 120 cm³/mol. The van der Waals surface area contributed by atoms with Gasteiger partial charge in [-0.15, -0.1) is 10.2 Å². The molecule has 4 rings (SSSR count). The van der Waals surface area contributed by atoms with Crippen molar-refractivity contribution in [2.24, 2.45) is 0 Å². The van der Waals surface area contributed by atoms with E-state index in [4.69, 9.17) is 4.74 Å². The molecule has 1 aromatic carbocycles. The number of rotatable bonds is 5. The summed E-state index contributed by atoms with van der Waals surface area (Å²) in [5.74, 6) is 2.02. The van der Waals surface area contributed by atoms with E-state index in [1.54, 1.807) is 0 Å². The number of aryl methyl sites for hydroxylation is 2. The largest absolute Gasteiger partial charge is 0.444 e. The van der Waals surface area contributed by atoms with Gasteiger partial charge in [0.15, 0.2) is 0 Å². The number of ether oxygens (including phenoxy) is 1. The van der Waals surface area contributed by atoms with Gasteiger partial charge in [-0.25, -0.2) is 4.79 Å². The first-order valence-electron chi connectivity index (χ1n) is 11.5. The molecule has 1 atom stereocenters. The Balaban J connectivity index is 1.57. The molecular weight excluding hydrogens is 390 g/mol. The Morgan fingerprint density at radius 2 is 1.84 bits per heavy atom. The Labute approximate surface area is 185 Å². The minimum Gasteiger partial charge on any atom is -0.444 e. The highest BCUT2D eigenvalue weighted by atomic mass is 16.6. The van der Waals surface area contributed by atoms with Gasteiger partial charge in [-0.1, -0.05) is 31.2 Å². The molecule has 7 nitrogen and oxygen atoms in total. The lowest BCUT2D eigenvalue weighted by Crippen LogP contribution is -2.51. The molecule has 0 radical (unpaired) electrons. The maximum Gasteiger partial charge on any atom is 0.410 e. The molecule has 0 N–H and O–H groups in total. The summed E-state index contributed by atoms with van der Waals surface area (Å²) in [6, 6.07) is 9.43. The van der Waals surface area contributed by atoms with E-state index in [2.05, 4.69) is 50.9 Å². The lowest BCUT2D eigenvalue weighted by atomic mass is 10.00. The zero-order valence-corrected chi connectivity index (χ0v) is 19.5. The number of carbonyl (C=O) groups excluding carboxylic acids is 1. The standard InChI is InChI=1S/C24H35N5O2/c1-6-18-7-9-19(10-8-18)21-15-28(23(30)31-24(3,4)5)14-13-27(21)16-22-26-25-17(2)29(22)20-11-12-20/h7-10,20-21H,6,11-16H2,1-5H3/t21-/m0/s1. The highest BCUT2D eigenvalue weighted by molar-refractivity contribution is 5.68. The highest BCUT2D eigenvalue weighted by Crippen LogP contribution is 2.37. The number of carbonyl (C=O) groups is 1. The molecule has 168 valence electrons. The Morgan fingerprint density at radius 3 is 2.45 bits per heavy atom. The van der Waals surface area contributed by atoms with Crippen LogP contribution in [0.2, 0.25) is 0 Å². The number of piperazine rings is 1. The molecule has 7 heteroatoms. The molecule has 2 fully saturated rings. The summed E-state index contributed by atoms with van der Waals surface area (Å²) in [4.78, 5) is 17.0. The molecule has 1 saturated carbocycles. The number of amides is 1. The van der Waals surface area contributed by atoms with Crippen LogP contribution in [-0.4, -0.2) is 55.9 Å². The third kappa shape index (κ3) is 5.09. The lowest BCUT2D eigenvalue weighted by Gasteiger charge is -2.41. The normalized spacial score (nSPS) is 20.2. The minimum atomic E-state index is -0.495. The lowest BCUT2D eigenvalue weighted by molar-refractivity contribution is 0.00146. The molecule has 1 amide bonds. The second kappa shape index (κ2) is 8.61. The maximum atomic E-state index is 12.8. The monoisotopic (exact) mass is 425 g/mol. The van der Waals surface area contributed by atoms with Gasteiger partial charge in [0, 0.05) is 25.7 Å². The van der Waals surface area contributed by atoms with Gasteiger partial charge in [-0.2, -0.15) is 0 Å². The predicted octanol–water partition coefficient (Wildman–Crippen LogP) is 4.28. The molecular formula is C24H35N5O2. The smallest absolute Gasteiger partial charge is 0.410 e. The topological polar surface area (TPSA) is 63.5 Å². The van der Waals surface area contributed by atoms with Crippen LogP contribution in [0.1, 0.15) is 75.4 Å². The third-order valence-corrected chi connectivity index (χ3v) is 6.11. The van der Waals surface area contributed by atoms with Gasteiger partial charge in [-0.3, -0.25) is 4.90 Å². The average Bonchev–Trinajstić information content (AvgIpc) is 3.50. The van der Waals surface area contributed by atoms with E-state index in [-0.39, 0.29) is 12.1 Å². The van der Waals surface area contributed by atoms with Crippen LogP contribution >= 0.6 is 0 Å². The first-order chi connectivity index (χ1) is 14.7. The molecule has 2 aromatic rings.